The maximum absolute atomic E-state index is 5.66. The van der Waals surface area contributed by atoms with E-state index in [0.717, 1.165) is 22.8 Å². The third kappa shape index (κ3) is 2.92. The lowest BCUT2D eigenvalue weighted by Crippen LogP contribution is -2.17. The molecule has 3 rings (SSSR count). The topological polar surface area (TPSA) is 30.8 Å². The van der Waals surface area contributed by atoms with Crippen LogP contribution in [0.5, 0.6) is 5.75 Å². The summed E-state index contributed by atoms with van der Waals surface area (Å²) in [6.45, 7) is 4.79. The normalized spacial score (nSPS) is 16.2. The molecule has 0 bridgehead atoms. The molecule has 2 aromatic carbocycles. The molecule has 3 heteroatoms. The second-order valence-corrected chi connectivity index (χ2v) is 5.82. The van der Waals surface area contributed by atoms with E-state index >= 15 is 0 Å². The molecular weight excluding hydrogens is 262 g/mol. The van der Waals surface area contributed by atoms with Crippen LogP contribution in [0.2, 0.25) is 0 Å². The first kappa shape index (κ1) is 13.7. The van der Waals surface area contributed by atoms with Crippen LogP contribution in [0.3, 0.4) is 0 Å². The number of hydrogen-bond donors (Lipinski definition) is 0. The molecule has 2 aromatic rings. The number of aliphatic imine (C=N–C) groups is 1. The van der Waals surface area contributed by atoms with Crippen molar-refractivity contribution in [3.05, 3.63) is 54.1 Å². The van der Waals surface area contributed by atoms with E-state index in [-0.39, 0.29) is 5.54 Å². The van der Waals surface area contributed by atoms with E-state index in [1.807, 2.05) is 12.1 Å². The standard InChI is InChI=1S/C18H19NO2/c1-18(2)12-21-17(19-18)15-6-4-13(5-7-15)14-8-10-16(20-3)11-9-14/h4-11H,12H2,1-3H3. The summed E-state index contributed by atoms with van der Waals surface area (Å²) in [5, 5.41) is 0. The SMILES string of the molecule is COc1ccc(-c2ccc(C3=NC(C)(C)CO3)cc2)cc1. The summed E-state index contributed by atoms with van der Waals surface area (Å²) in [5.74, 6) is 1.60. The molecule has 0 atom stereocenters. The van der Waals surface area contributed by atoms with Crippen molar-refractivity contribution >= 4 is 5.90 Å². The van der Waals surface area contributed by atoms with Crippen molar-refractivity contribution in [1.29, 1.82) is 0 Å². The van der Waals surface area contributed by atoms with Crippen LogP contribution in [-0.2, 0) is 4.74 Å². The van der Waals surface area contributed by atoms with Gasteiger partial charge in [-0.25, -0.2) is 4.99 Å². The first-order valence-corrected chi connectivity index (χ1v) is 7.05. The number of hydrogen-bond acceptors (Lipinski definition) is 3. The Hall–Kier alpha value is -2.29. The molecule has 0 fully saturated rings. The molecule has 108 valence electrons. The number of rotatable bonds is 3. The summed E-state index contributed by atoms with van der Waals surface area (Å²) in [4.78, 5) is 4.59. The summed E-state index contributed by atoms with van der Waals surface area (Å²) >= 11 is 0. The van der Waals surface area contributed by atoms with Crippen molar-refractivity contribution in [2.24, 2.45) is 4.99 Å². The fraction of sp³-hybridized carbons (Fsp3) is 0.278. The highest BCUT2D eigenvalue weighted by molar-refractivity contribution is 5.95. The average molecular weight is 281 g/mol. The Bertz CT molecular complexity index is 655. The lowest BCUT2D eigenvalue weighted by Gasteiger charge is -2.07. The maximum Gasteiger partial charge on any atom is 0.216 e. The molecule has 21 heavy (non-hydrogen) atoms. The van der Waals surface area contributed by atoms with Crippen LogP contribution in [0.15, 0.2) is 53.5 Å². The van der Waals surface area contributed by atoms with Gasteiger partial charge in [0.05, 0.1) is 12.6 Å². The van der Waals surface area contributed by atoms with E-state index < -0.39 is 0 Å². The molecule has 0 spiro atoms. The van der Waals surface area contributed by atoms with Gasteiger partial charge in [0.1, 0.15) is 12.4 Å². The zero-order valence-electron chi connectivity index (χ0n) is 12.6. The largest absolute Gasteiger partial charge is 0.497 e. The fourth-order valence-corrected chi connectivity index (χ4v) is 2.32. The van der Waals surface area contributed by atoms with Crippen LogP contribution in [-0.4, -0.2) is 25.2 Å². The fourth-order valence-electron chi connectivity index (χ4n) is 2.32. The monoisotopic (exact) mass is 281 g/mol. The van der Waals surface area contributed by atoms with Crippen LogP contribution in [0, 0.1) is 0 Å². The van der Waals surface area contributed by atoms with E-state index in [1.54, 1.807) is 7.11 Å². The Morgan fingerprint density at radius 3 is 1.90 bits per heavy atom. The lowest BCUT2D eigenvalue weighted by atomic mass is 10.0. The van der Waals surface area contributed by atoms with Gasteiger partial charge in [0.2, 0.25) is 5.90 Å². The lowest BCUT2D eigenvalue weighted by molar-refractivity contribution is 0.279. The molecule has 1 heterocycles. The summed E-state index contributed by atoms with van der Waals surface area (Å²) in [5.41, 5.74) is 3.23. The minimum absolute atomic E-state index is 0.121. The van der Waals surface area contributed by atoms with Gasteiger partial charge in [-0.2, -0.15) is 0 Å². The molecule has 0 saturated heterocycles. The quantitative estimate of drug-likeness (QED) is 0.853. The van der Waals surface area contributed by atoms with Crippen LogP contribution in [0.4, 0.5) is 0 Å². The highest BCUT2D eigenvalue weighted by Crippen LogP contribution is 2.25. The van der Waals surface area contributed by atoms with Gasteiger partial charge in [0, 0.05) is 5.56 Å². The molecular formula is C18H19NO2. The Morgan fingerprint density at radius 1 is 0.905 bits per heavy atom. The van der Waals surface area contributed by atoms with E-state index in [0.29, 0.717) is 6.61 Å². The minimum Gasteiger partial charge on any atom is -0.497 e. The molecule has 0 aromatic heterocycles. The maximum atomic E-state index is 5.66. The first-order chi connectivity index (χ1) is 10.1. The van der Waals surface area contributed by atoms with Crippen molar-refractivity contribution in [2.45, 2.75) is 19.4 Å². The van der Waals surface area contributed by atoms with Crippen LogP contribution >= 0.6 is 0 Å². The van der Waals surface area contributed by atoms with Crippen molar-refractivity contribution in [3.8, 4) is 16.9 Å². The van der Waals surface area contributed by atoms with Gasteiger partial charge < -0.3 is 9.47 Å². The Kier molecular flexibility index (Phi) is 3.42. The third-order valence-electron chi connectivity index (χ3n) is 3.52. The van der Waals surface area contributed by atoms with E-state index in [1.165, 1.54) is 5.56 Å². The third-order valence-corrected chi connectivity index (χ3v) is 3.52. The van der Waals surface area contributed by atoms with Crippen molar-refractivity contribution in [3.63, 3.8) is 0 Å². The zero-order chi connectivity index (χ0) is 14.9. The van der Waals surface area contributed by atoms with E-state index in [4.69, 9.17) is 9.47 Å². The number of benzene rings is 2. The van der Waals surface area contributed by atoms with Gasteiger partial charge in [-0.05, 0) is 49.2 Å². The molecule has 0 saturated carbocycles. The number of ether oxygens (including phenoxy) is 2. The first-order valence-electron chi connectivity index (χ1n) is 7.05. The summed E-state index contributed by atoms with van der Waals surface area (Å²) in [6, 6.07) is 16.3. The highest BCUT2D eigenvalue weighted by Gasteiger charge is 2.26. The molecule has 3 nitrogen and oxygen atoms in total. The van der Waals surface area contributed by atoms with Crippen LogP contribution < -0.4 is 4.74 Å². The molecule has 0 N–H and O–H groups in total. The van der Waals surface area contributed by atoms with Crippen molar-refractivity contribution in [2.75, 3.05) is 13.7 Å². The molecule has 0 aliphatic carbocycles. The number of nitrogens with zero attached hydrogens (tertiary/aromatic N) is 1. The van der Waals surface area contributed by atoms with Gasteiger partial charge in [-0.3, -0.25) is 0 Å². The van der Waals surface area contributed by atoms with Gasteiger partial charge in [-0.1, -0.05) is 24.3 Å². The van der Waals surface area contributed by atoms with Crippen LogP contribution in [0.1, 0.15) is 19.4 Å². The summed E-state index contributed by atoms with van der Waals surface area (Å²) < 4.78 is 10.8. The van der Waals surface area contributed by atoms with Crippen LogP contribution in [0.25, 0.3) is 11.1 Å². The van der Waals surface area contributed by atoms with Crippen molar-refractivity contribution in [1.82, 2.24) is 0 Å². The zero-order valence-corrected chi connectivity index (χ0v) is 12.6. The Morgan fingerprint density at radius 2 is 1.43 bits per heavy atom. The van der Waals surface area contributed by atoms with Gasteiger partial charge in [0.15, 0.2) is 0 Å². The molecule has 1 aliphatic heterocycles. The molecule has 0 unspecified atom stereocenters. The van der Waals surface area contributed by atoms with Gasteiger partial charge in [0.25, 0.3) is 0 Å². The highest BCUT2D eigenvalue weighted by atomic mass is 16.5. The van der Waals surface area contributed by atoms with E-state index in [2.05, 4.69) is 55.2 Å². The second-order valence-electron chi connectivity index (χ2n) is 5.82. The number of methoxy groups -OCH3 is 1. The summed E-state index contributed by atoms with van der Waals surface area (Å²) in [6.07, 6.45) is 0. The van der Waals surface area contributed by atoms with Crippen molar-refractivity contribution < 1.29 is 9.47 Å². The Balaban J connectivity index is 1.84. The van der Waals surface area contributed by atoms with Gasteiger partial charge in [-0.15, -0.1) is 0 Å². The predicted molar refractivity (Wildman–Crippen MR) is 85.0 cm³/mol. The van der Waals surface area contributed by atoms with E-state index in [9.17, 15) is 0 Å². The Labute approximate surface area is 125 Å². The molecule has 0 amide bonds. The second kappa shape index (κ2) is 5.24. The molecule has 1 aliphatic rings. The van der Waals surface area contributed by atoms with Gasteiger partial charge >= 0.3 is 0 Å². The average Bonchev–Trinajstić information content (AvgIpc) is 2.88. The smallest absolute Gasteiger partial charge is 0.216 e. The molecule has 0 radical (unpaired) electrons. The minimum atomic E-state index is -0.121. The summed E-state index contributed by atoms with van der Waals surface area (Å²) in [7, 11) is 1.67. The predicted octanol–water partition coefficient (Wildman–Crippen LogP) is 3.92.